The van der Waals surface area contributed by atoms with Crippen LogP contribution in [0.15, 0.2) is 0 Å². The van der Waals surface area contributed by atoms with E-state index >= 15 is 0 Å². The van der Waals surface area contributed by atoms with Crippen LogP contribution in [-0.4, -0.2) is 37.1 Å². The van der Waals surface area contributed by atoms with E-state index in [2.05, 4.69) is 37.9 Å². The molecule has 0 aromatic heterocycles. The van der Waals surface area contributed by atoms with E-state index < -0.39 is 0 Å². The fraction of sp³-hybridized carbons (Fsp3) is 1.00. The Labute approximate surface area is 102 Å². The van der Waals surface area contributed by atoms with E-state index in [9.17, 15) is 0 Å². The summed E-state index contributed by atoms with van der Waals surface area (Å²) < 4.78 is 0. The van der Waals surface area contributed by atoms with Crippen molar-refractivity contribution in [3.8, 4) is 0 Å². The normalized spacial score (nSPS) is 24.2. The summed E-state index contributed by atoms with van der Waals surface area (Å²) in [5, 5.41) is 3.75. The van der Waals surface area contributed by atoms with Gasteiger partial charge in [-0.3, -0.25) is 0 Å². The summed E-state index contributed by atoms with van der Waals surface area (Å²) in [5.74, 6) is 1.65. The van der Waals surface area contributed by atoms with Crippen LogP contribution >= 0.6 is 0 Å². The van der Waals surface area contributed by atoms with Gasteiger partial charge in [-0.25, -0.2) is 0 Å². The minimum Gasteiger partial charge on any atom is -0.313 e. The maximum atomic E-state index is 3.75. The van der Waals surface area contributed by atoms with E-state index in [1.165, 1.54) is 45.4 Å². The van der Waals surface area contributed by atoms with Gasteiger partial charge in [-0.2, -0.15) is 0 Å². The molecule has 0 saturated carbocycles. The van der Waals surface area contributed by atoms with Crippen LogP contribution in [0, 0.1) is 11.8 Å². The van der Waals surface area contributed by atoms with Crippen molar-refractivity contribution in [2.45, 2.75) is 53.0 Å². The molecule has 0 bridgehead atoms. The second-order valence-electron chi connectivity index (χ2n) is 5.62. The first-order valence-corrected chi connectivity index (χ1v) is 7.13. The zero-order chi connectivity index (χ0) is 12.0. The lowest BCUT2D eigenvalue weighted by atomic mass is 10.0. The average molecular weight is 226 g/mol. The molecule has 0 amide bonds. The summed E-state index contributed by atoms with van der Waals surface area (Å²) in [7, 11) is 0. The Morgan fingerprint density at radius 1 is 1.31 bits per heavy atom. The molecular formula is C14H30N2. The van der Waals surface area contributed by atoms with Crippen molar-refractivity contribution in [2.24, 2.45) is 11.8 Å². The summed E-state index contributed by atoms with van der Waals surface area (Å²) in [5.41, 5.74) is 0. The van der Waals surface area contributed by atoms with E-state index in [0.29, 0.717) is 6.04 Å². The molecule has 0 radical (unpaired) electrons. The molecule has 1 N–H and O–H groups in total. The van der Waals surface area contributed by atoms with Crippen LogP contribution in [0.4, 0.5) is 0 Å². The van der Waals surface area contributed by atoms with Gasteiger partial charge in [0, 0.05) is 12.6 Å². The molecule has 1 heterocycles. The van der Waals surface area contributed by atoms with Crippen molar-refractivity contribution in [3.05, 3.63) is 0 Å². The van der Waals surface area contributed by atoms with Crippen molar-refractivity contribution in [3.63, 3.8) is 0 Å². The van der Waals surface area contributed by atoms with Crippen LogP contribution in [0.5, 0.6) is 0 Å². The van der Waals surface area contributed by atoms with Crippen LogP contribution in [-0.2, 0) is 0 Å². The van der Waals surface area contributed by atoms with Gasteiger partial charge in [0.15, 0.2) is 0 Å². The van der Waals surface area contributed by atoms with E-state index in [0.717, 1.165) is 11.8 Å². The molecule has 0 aromatic rings. The highest BCUT2D eigenvalue weighted by molar-refractivity contribution is 4.79. The lowest BCUT2D eigenvalue weighted by Gasteiger charge is -2.23. The first-order chi connectivity index (χ1) is 7.67. The topological polar surface area (TPSA) is 15.3 Å². The third kappa shape index (κ3) is 4.42. The number of rotatable bonds is 7. The summed E-state index contributed by atoms with van der Waals surface area (Å²) >= 11 is 0. The number of nitrogens with one attached hydrogen (secondary N) is 1. The first-order valence-electron chi connectivity index (χ1n) is 7.13. The highest BCUT2D eigenvalue weighted by Gasteiger charge is 2.22. The molecule has 2 atom stereocenters. The molecule has 0 aliphatic carbocycles. The molecule has 2 heteroatoms. The number of hydrogen-bond acceptors (Lipinski definition) is 2. The zero-order valence-corrected chi connectivity index (χ0v) is 11.6. The molecule has 0 aromatic carbocycles. The largest absolute Gasteiger partial charge is 0.313 e. The van der Waals surface area contributed by atoms with Crippen LogP contribution in [0.3, 0.4) is 0 Å². The van der Waals surface area contributed by atoms with Gasteiger partial charge in [0.25, 0.3) is 0 Å². The van der Waals surface area contributed by atoms with E-state index in [4.69, 9.17) is 0 Å². The standard InChI is InChI=1S/C14H30N2/c1-5-8-16-9-7-13(11-16)10-15-14(6-2)12(3)4/h12-15H,5-11H2,1-4H3. The van der Waals surface area contributed by atoms with Crippen LogP contribution in [0.25, 0.3) is 0 Å². The molecule has 2 unspecified atom stereocenters. The molecule has 1 rings (SSSR count). The van der Waals surface area contributed by atoms with Crippen molar-refractivity contribution in [2.75, 3.05) is 26.2 Å². The highest BCUT2D eigenvalue weighted by Crippen LogP contribution is 2.16. The Balaban J connectivity index is 2.18. The maximum Gasteiger partial charge on any atom is 0.00875 e. The lowest BCUT2D eigenvalue weighted by molar-refractivity contribution is 0.310. The van der Waals surface area contributed by atoms with Crippen LogP contribution in [0.2, 0.25) is 0 Å². The summed E-state index contributed by atoms with van der Waals surface area (Å²) in [6.45, 7) is 14.3. The van der Waals surface area contributed by atoms with Crippen molar-refractivity contribution in [1.82, 2.24) is 10.2 Å². The van der Waals surface area contributed by atoms with E-state index in [-0.39, 0.29) is 0 Å². The minimum atomic E-state index is 0.709. The first kappa shape index (κ1) is 14.0. The van der Waals surface area contributed by atoms with Gasteiger partial charge >= 0.3 is 0 Å². The Morgan fingerprint density at radius 3 is 2.62 bits per heavy atom. The molecule has 1 saturated heterocycles. The van der Waals surface area contributed by atoms with E-state index in [1.54, 1.807) is 0 Å². The zero-order valence-electron chi connectivity index (χ0n) is 11.6. The Kier molecular flexibility index (Phi) is 6.37. The molecule has 0 spiro atoms. The van der Waals surface area contributed by atoms with Gasteiger partial charge in [-0.05, 0) is 50.7 Å². The smallest absolute Gasteiger partial charge is 0.00875 e. The Bertz CT molecular complexity index is 180. The molecule has 1 aliphatic heterocycles. The molecule has 16 heavy (non-hydrogen) atoms. The van der Waals surface area contributed by atoms with Gasteiger partial charge in [-0.1, -0.05) is 27.7 Å². The Morgan fingerprint density at radius 2 is 2.06 bits per heavy atom. The second kappa shape index (κ2) is 7.29. The third-order valence-electron chi connectivity index (χ3n) is 3.82. The minimum absolute atomic E-state index is 0.709. The molecule has 2 nitrogen and oxygen atoms in total. The average Bonchev–Trinajstić information content (AvgIpc) is 2.67. The third-order valence-corrected chi connectivity index (χ3v) is 3.82. The highest BCUT2D eigenvalue weighted by atomic mass is 15.1. The van der Waals surface area contributed by atoms with Gasteiger partial charge in [0.2, 0.25) is 0 Å². The van der Waals surface area contributed by atoms with Gasteiger partial charge in [0.05, 0.1) is 0 Å². The SMILES string of the molecule is CCCN1CCC(CNC(CC)C(C)C)C1. The summed E-state index contributed by atoms with van der Waals surface area (Å²) in [6, 6.07) is 0.709. The summed E-state index contributed by atoms with van der Waals surface area (Å²) in [6.07, 6.45) is 3.94. The monoisotopic (exact) mass is 226 g/mol. The lowest BCUT2D eigenvalue weighted by Crippen LogP contribution is -2.37. The molecular weight excluding hydrogens is 196 g/mol. The number of hydrogen-bond donors (Lipinski definition) is 1. The van der Waals surface area contributed by atoms with Crippen LogP contribution < -0.4 is 5.32 Å². The molecule has 1 aliphatic rings. The fourth-order valence-electron chi connectivity index (χ4n) is 2.77. The fourth-order valence-corrected chi connectivity index (χ4v) is 2.77. The number of likely N-dealkylation sites (tertiary alicyclic amines) is 1. The molecule has 1 fully saturated rings. The number of nitrogens with zero attached hydrogens (tertiary/aromatic N) is 1. The maximum absolute atomic E-state index is 3.75. The van der Waals surface area contributed by atoms with Crippen molar-refractivity contribution >= 4 is 0 Å². The van der Waals surface area contributed by atoms with Crippen molar-refractivity contribution < 1.29 is 0 Å². The van der Waals surface area contributed by atoms with Crippen LogP contribution in [0.1, 0.15) is 47.0 Å². The van der Waals surface area contributed by atoms with Gasteiger partial charge < -0.3 is 10.2 Å². The predicted molar refractivity (Wildman–Crippen MR) is 71.8 cm³/mol. The van der Waals surface area contributed by atoms with Crippen molar-refractivity contribution in [1.29, 1.82) is 0 Å². The summed E-state index contributed by atoms with van der Waals surface area (Å²) in [4.78, 5) is 2.61. The van der Waals surface area contributed by atoms with E-state index in [1.807, 2.05) is 0 Å². The van der Waals surface area contributed by atoms with Gasteiger partial charge in [0.1, 0.15) is 0 Å². The second-order valence-corrected chi connectivity index (χ2v) is 5.62. The predicted octanol–water partition coefficient (Wildman–Crippen LogP) is 2.74. The quantitative estimate of drug-likeness (QED) is 0.718. The van der Waals surface area contributed by atoms with Gasteiger partial charge in [-0.15, -0.1) is 0 Å². The Hall–Kier alpha value is -0.0800. The molecule has 96 valence electrons.